The zero-order valence-electron chi connectivity index (χ0n) is 20.6. The van der Waals surface area contributed by atoms with Crippen molar-refractivity contribution in [3.05, 3.63) is 41.0 Å². The minimum absolute atomic E-state index is 0.309. The van der Waals surface area contributed by atoms with Crippen LogP contribution in [0.1, 0.15) is 65.9 Å². The van der Waals surface area contributed by atoms with Gasteiger partial charge in [0, 0.05) is 31.7 Å². The second kappa shape index (κ2) is 13.2. The number of allylic oxidation sites excluding steroid dienone is 2. The van der Waals surface area contributed by atoms with Gasteiger partial charge in [-0.15, -0.1) is 0 Å². The number of aliphatic carboxylic acids is 1. The summed E-state index contributed by atoms with van der Waals surface area (Å²) >= 11 is 0. The van der Waals surface area contributed by atoms with E-state index in [1.165, 1.54) is 36.8 Å². The number of carbonyl (C=O) groups is 2. The summed E-state index contributed by atoms with van der Waals surface area (Å²) in [5.41, 5.74) is 10.1. The molecule has 1 aliphatic carbocycles. The quantitative estimate of drug-likeness (QED) is 0.602. The summed E-state index contributed by atoms with van der Waals surface area (Å²) in [5.74, 6) is -2.48. The Balaban J connectivity index is 0.000000454. The Morgan fingerprint density at radius 2 is 1.64 bits per heavy atom. The number of hydrogen-bond donors (Lipinski definition) is 2. The van der Waals surface area contributed by atoms with Crippen LogP contribution in [0.5, 0.6) is 0 Å². The molecule has 1 aromatic rings. The van der Waals surface area contributed by atoms with E-state index in [9.17, 15) is 18.0 Å². The summed E-state index contributed by atoms with van der Waals surface area (Å²) in [4.78, 5) is 26.0. The standard InChI is InChI=1S/C24H35N3O2.C2HF3O2/c25-24(28)22-7-6-21(18-23(22)20-4-2-1-3-5-20)19-8-10-26(11-9-19)12-13-27-14-16-29-17-15-27;3-2(4,5)1(6)7/h4,6-7,18-19H,1-3,5,8-17H2,(H2,25,28);(H,6,7). The number of piperidine rings is 1. The number of likely N-dealkylation sites (tertiary alicyclic amines) is 1. The van der Waals surface area contributed by atoms with E-state index in [0.29, 0.717) is 11.5 Å². The monoisotopic (exact) mass is 511 g/mol. The summed E-state index contributed by atoms with van der Waals surface area (Å²) in [6.45, 7) is 8.52. The third-order valence-electron chi connectivity index (χ3n) is 7.08. The predicted molar refractivity (Wildman–Crippen MR) is 131 cm³/mol. The third kappa shape index (κ3) is 8.31. The van der Waals surface area contributed by atoms with E-state index in [2.05, 4.69) is 28.0 Å². The number of carbonyl (C=O) groups excluding carboxylic acids is 1. The highest BCUT2D eigenvalue weighted by Crippen LogP contribution is 2.34. The van der Waals surface area contributed by atoms with Crippen LogP contribution in [0.4, 0.5) is 13.2 Å². The van der Waals surface area contributed by atoms with Gasteiger partial charge >= 0.3 is 12.1 Å². The van der Waals surface area contributed by atoms with Gasteiger partial charge in [0.2, 0.25) is 5.91 Å². The number of amides is 1. The molecular weight excluding hydrogens is 475 g/mol. The first-order valence-corrected chi connectivity index (χ1v) is 12.6. The molecule has 7 nitrogen and oxygen atoms in total. The molecule has 36 heavy (non-hydrogen) atoms. The van der Waals surface area contributed by atoms with Crippen LogP contribution >= 0.6 is 0 Å². The molecule has 2 heterocycles. The number of morpholine rings is 1. The van der Waals surface area contributed by atoms with Gasteiger partial charge in [0.15, 0.2) is 0 Å². The number of carboxylic acid groups (broad SMARTS) is 1. The van der Waals surface area contributed by atoms with Crippen molar-refractivity contribution in [2.24, 2.45) is 5.73 Å². The number of benzene rings is 1. The molecule has 0 aromatic heterocycles. The number of primary amides is 1. The summed E-state index contributed by atoms with van der Waals surface area (Å²) < 4.78 is 37.2. The first-order valence-electron chi connectivity index (χ1n) is 12.6. The molecule has 2 saturated heterocycles. The van der Waals surface area contributed by atoms with Crippen LogP contribution in [0.15, 0.2) is 24.3 Å². The van der Waals surface area contributed by atoms with Crippen molar-refractivity contribution in [2.45, 2.75) is 50.6 Å². The van der Waals surface area contributed by atoms with E-state index in [0.717, 1.165) is 70.9 Å². The van der Waals surface area contributed by atoms with Gasteiger partial charge in [-0.2, -0.15) is 13.2 Å². The highest BCUT2D eigenvalue weighted by molar-refractivity contribution is 5.98. The van der Waals surface area contributed by atoms with Crippen molar-refractivity contribution in [3.8, 4) is 0 Å². The van der Waals surface area contributed by atoms with Gasteiger partial charge in [-0.25, -0.2) is 4.79 Å². The molecule has 0 bridgehead atoms. The van der Waals surface area contributed by atoms with Crippen LogP contribution in [0.25, 0.3) is 5.57 Å². The molecule has 1 aromatic carbocycles. The maximum Gasteiger partial charge on any atom is 0.490 e. The van der Waals surface area contributed by atoms with E-state index in [-0.39, 0.29) is 5.91 Å². The fourth-order valence-electron chi connectivity index (χ4n) is 4.98. The van der Waals surface area contributed by atoms with Gasteiger partial charge in [0.1, 0.15) is 0 Å². The molecule has 4 rings (SSSR count). The van der Waals surface area contributed by atoms with Crippen LogP contribution in [0, 0.1) is 0 Å². The molecule has 2 aliphatic heterocycles. The number of ether oxygens (including phenoxy) is 1. The molecule has 0 spiro atoms. The molecule has 1 amide bonds. The molecule has 200 valence electrons. The van der Waals surface area contributed by atoms with Crippen molar-refractivity contribution < 1.29 is 32.6 Å². The van der Waals surface area contributed by atoms with E-state index >= 15 is 0 Å². The minimum atomic E-state index is -5.08. The Bertz CT molecular complexity index is 921. The zero-order chi connectivity index (χ0) is 26.1. The SMILES string of the molecule is NC(=O)c1ccc(C2CCN(CCN3CCOCC3)CC2)cc1C1=CCCCC1.O=C(O)C(F)(F)F. The highest BCUT2D eigenvalue weighted by Gasteiger charge is 2.38. The average molecular weight is 512 g/mol. The lowest BCUT2D eigenvalue weighted by atomic mass is 9.84. The van der Waals surface area contributed by atoms with Crippen molar-refractivity contribution >= 4 is 17.4 Å². The van der Waals surface area contributed by atoms with Gasteiger partial charge in [-0.1, -0.05) is 18.2 Å². The average Bonchev–Trinajstić information content (AvgIpc) is 2.88. The largest absolute Gasteiger partial charge is 0.490 e. The van der Waals surface area contributed by atoms with Crippen molar-refractivity contribution in [1.82, 2.24) is 9.80 Å². The Labute approximate surface area is 210 Å². The van der Waals surface area contributed by atoms with E-state index < -0.39 is 12.1 Å². The van der Waals surface area contributed by atoms with E-state index in [1.807, 2.05) is 6.07 Å². The molecular formula is C26H36F3N3O4. The van der Waals surface area contributed by atoms with Gasteiger partial charge in [0.05, 0.1) is 13.2 Å². The minimum Gasteiger partial charge on any atom is -0.475 e. The molecule has 0 atom stereocenters. The lowest BCUT2D eigenvalue weighted by Crippen LogP contribution is -2.43. The molecule has 3 N–H and O–H groups in total. The number of nitrogens with zero attached hydrogens (tertiary/aromatic N) is 2. The molecule has 0 radical (unpaired) electrons. The number of hydrogen-bond acceptors (Lipinski definition) is 5. The van der Waals surface area contributed by atoms with Crippen LogP contribution < -0.4 is 5.73 Å². The van der Waals surface area contributed by atoms with Crippen molar-refractivity contribution in [1.29, 1.82) is 0 Å². The smallest absolute Gasteiger partial charge is 0.475 e. The second-order valence-corrected chi connectivity index (χ2v) is 9.52. The summed E-state index contributed by atoms with van der Waals surface area (Å²) in [6, 6.07) is 6.37. The molecule has 10 heteroatoms. The Kier molecular flexibility index (Phi) is 10.3. The van der Waals surface area contributed by atoms with Crippen LogP contribution in [0.2, 0.25) is 0 Å². The van der Waals surface area contributed by atoms with Gasteiger partial charge in [0.25, 0.3) is 0 Å². The fourth-order valence-corrected chi connectivity index (χ4v) is 4.98. The third-order valence-corrected chi connectivity index (χ3v) is 7.08. The molecule has 3 aliphatic rings. The van der Waals surface area contributed by atoms with Gasteiger partial charge in [-0.3, -0.25) is 9.69 Å². The number of carboxylic acids is 1. The molecule has 2 fully saturated rings. The van der Waals surface area contributed by atoms with Crippen LogP contribution in [-0.2, 0) is 9.53 Å². The fraction of sp³-hybridized carbons (Fsp3) is 0.615. The Morgan fingerprint density at radius 1 is 1.03 bits per heavy atom. The van der Waals surface area contributed by atoms with Crippen LogP contribution in [0.3, 0.4) is 0 Å². The highest BCUT2D eigenvalue weighted by atomic mass is 19.4. The van der Waals surface area contributed by atoms with Crippen LogP contribution in [-0.4, -0.2) is 85.4 Å². The van der Waals surface area contributed by atoms with Gasteiger partial charge < -0.3 is 20.5 Å². The molecule has 0 saturated carbocycles. The summed E-state index contributed by atoms with van der Waals surface area (Å²) in [5, 5.41) is 7.12. The normalized spacial score (nSPS) is 20.2. The van der Waals surface area contributed by atoms with Crippen molar-refractivity contribution in [2.75, 3.05) is 52.5 Å². The first-order chi connectivity index (χ1) is 17.1. The van der Waals surface area contributed by atoms with Gasteiger partial charge in [-0.05, 0) is 80.3 Å². The number of alkyl halides is 3. The summed E-state index contributed by atoms with van der Waals surface area (Å²) in [7, 11) is 0. The molecule has 0 unspecified atom stereocenters. The first kappa shape index (κ1) is 28.1. The number of rotatable bonds is 6. The lowest BCUT2D eigenvalue weighted by molar-refractivity contribution is -0.192. The number of nitrogens with two attached hydrogens (primary N) is 1. The topological polar surface area (TPSA) is 96.1 Å². The lowest BCUT2D eigenvalue weighted by Gasteiger charge is -2.35. The predicted octanol–water partition coefficient (Wildman–Crippen LogP) is 3.89. The zero-order valence-corrected chi connectivity index (χ0v) is 20.6. The summed E-state index contributed by atoms with van der Waals surface area (Å²) in [6.07, 6.45) is 4.23. The second-order valence-electron chi connectivity index (χ2n) is 9.52. The van der Waals surface area contributed by atoms with Crippen molar-refractivity contribution in [3.63, 3.8) is 0 Å². The van der Waals surface area contributed by atoms with E-state index in [4.69, 9.17) is 20.4 Å². The maximum atomic E-state index is 12.0. The Morgan fingerprint density at radius 3 is 2.17 bits per heavy atom. The maximum absolute atomic E-state index is 12.0. The number of halogens is 3. The van der Waals surface area contributed by atoms with E-state index in [1.54, 1.807) is 0 Å². The Hall–Kier alpha value is -2.43.